The number of pyridine rings is 1. The van der Waals surface area contributed by atoms with Crippen LogP contribution >= 0.6 is 0 Å². The molecular formula is C11H11N5O. The van der Waals surface area contributed by atoms with E-state index in [2.05, 4.69) is 15.1 Å². The minimum absolute atomic E-state index is 0.425. The Morgan fingerprint density at radius 1 is 1.29 bits per heavy atom. The Morgan fingerprint density at radius 2 is 2.18 bits per heavy atom. The zero-order valence-corrected chi connectivity index (χ0v) is 9.29. The number of hydrogen-bond acceptors (Lipinski definition) is 5. The molecule has 3 rings (SSSR count). The molecule has 0 radical (unpaired) electrons. The molecule has 0 spiro atoms. The van der Waals surface area contributed by atoms with Crippen LogP contribution in [0.3, 0.4) is 0 Å². The highest BCUT2D eigenvalue weighted by Crippen LogP contribution is 2.17. The third-order valence-corrected chi connectivity index (χ3v) is 2.57. The number of anilines is 1. The molecule has 0 aliphatic rings. The largest absolute Gasteiger partial charge is 0.369 e. The van der Waals surface area contributed by atoms with Gasteiger partial charge in [-0.15, -0.1) is 0 Å². The maximum atomic E-state index is 5.87. The maximum absolute atomic E-state index is 5.87. The van der Waals surface area contributed by atoms with Crippen molar-refractivity contribution in [2.75, 3.05) is 5.73 Å². The van der Waals surface area contributed by atoms with Gasteiger partial charge in [-0.2, -0.15) is 0 Å². The Labute approximate surface area is 97.1 Å². The first-order chi connectivity index (χ1) is 8.24. The average Bonchev–Trinajstić information content (AvgIpc) is 2.90. The second-order valence-electron chi connectivity index (χ2n) is 3.83. The van der Waals surface area contributed by atoms with Crippen LogP contribution in [0, 0.1) is 6.92 Å². The van der Waals surface area contributed by atoms with E-state index in [-0.39, 0.29) is 0 Å². The summed E-state index contributed by atoms with van der Waals surface area (Å²) in [5.41, 5.74) is 8.34. The normalized spacial score (nSPS) is 11.1. The lowest BCUT2D eigenvalue weighted by Gasteiger charge is -2.02. The zero-order valence-electron chi connectivity index (χ0n) is 9.29. The fraction of sp³-hybridized carbons (Fsp3) is 0.182. The Kier molecular flexibility index (Phi) is 2.07. The summed E-state index contributed by atoms with van der Waals surface area (Å²) in [5, 5.41) is 3.66. The quantitative estimate of drug-likeness (QED) is 0.717. The fourth-order valence-electron chi connectivity index (χ4n) is 1.75. The number of nitrogens with two attached hydrogens (primary N) is 1. The van der Waals surface area contributed by atoms with Gasteiger partial charge in [-0.3, -0.25) is 4.57 Å². The smallest absolute Gasteiger partial charge is 0.202 e. The van der Waals surface area contributed by atoms with Crippen LogP contribution in [0.1, 0.15) is 11.5 Å². The second-order valence-corrected chi connectivity index (χ2v) is 3.83. The highest BCUT2D eigenvalue weighted by atomic mass is 16.5. The van der Waals surface area contributed by atoms with Crippen LogP contribution in [0.15, 0.2) is 28.9 Å². The molecule has 0 atom stereocenters. The van der Waals surface area contributed by atoms with Crippen LogP contribution in [-0.4, -0.2) is 19.7 Å². The van der Waals surface area contributed by atoms with Crippen LogP contribution in [0.2, 0.25) is 0 Å². The van der Waals surface area contributed by atoms with Crippen molar-refractivity contribution < 1.29 is 4.52 Å². The number of aryl methyl sites for hydroxylation is 1. The topological polar surface area (TPSA) is 82.8 Å². The van der Waals surface area contributed by atoms with Gasteiger partial charge in [0.2, 0.25) is 5.95 Å². The number of fused-ring (bicyclic) bond motifs is 1. The molecule has 86 valence electrons. The monoisotopic (exact) mass is 229 g/mol. The molecule has 0 bridgehead atoms. The van der Waals surface area contributed by atoms with Gasteiger partial charge in [0.15, 0.2) is 11.4 Å². The van der Waals surface area contributed by atoms with Crippen LogP contribution < -0.4 is 5.73 Å². The number of nitrogens with zero attached hydrogens (tertiary/aromatic N) is 4. The van der Waals surface area contributed by atoms with E-state index in [1.807, 2.05) is 23.6 Å². The predicted octanol–water partition coefficient (Wildman–Crippen LogP) is 1.36. The minimum atomic E-state index is 0.425. The molecule has 3 aromatic rings. The molecule has 6 heteroatoms. The summed E-state index contributed by atoms with van der Waals surface area (Å²) in [6.07, 6.45) is 1.60. The third-order valence-electron chi connectivity index (χ3n) is 2.57. The molecule has 0 aromatic carbocycles. The SMILES string of the molecule is Cc1ccc2nc(N)n(Cc3ccno3)c2n1. The number of imidazole rings is 1. The van der Waals surface area contributed by atoms with Gasteiger partial charge in [0.25, 0.3) is 0 Å². The van der Waals surface area contributed by atoms with Crippen molar-refractivity contribution in [3.8, 4) is 0 Å². The van der Waals surface area contributed by atoms with Crippen molar-refractivity contribution in [1.82, 2.24) is 19.7 Å². The average molecular weight is 229 g/mol. The number of rotatable bonds is 2. The molecule has 6 nitrogen and oxygen atoms in total. The zero-order chi connectivity index (χ0) is 11.8. The molecule has 0 saturated carbocycles. The third kappa shape index (κ3) is 1.63. The highest BCUT2D eigenvalue weighted by molar-refractivity contribution is 5.74. The van der Waals surface area contributed by atoms with Crippen LogP contribution in [0.4, 0.5) is 5.95 Å². The summed E-state index contributed by atoms with van der Waals surface area (Å²) in [5.74, 6) is 1.15. The lowest BCUT2D eigenvalue weighted by atomic mass is 10.3. The molecule has 17 heavy (non-hydrogen) atoms. The van der Waals surface area contributed by atoms with Crippen molar-refractivity contribution in [2.24, 2.45) is 0 Å². The first-order valence-electron chi connectivity index (χ1n) is 5.23. The number of aromatic nitrogens is 4. The lowest BCUT2D eigenvalue weighted by Crippen LogP contribution is -2.04. The molecule has 0 fully saturated rings. The molecule has 0 amide bonds. The standard InChI is InChI=1S/C11H11N5O/c1-7-2-3-9-10(14-7)16(11(12)15-9)6-8-4-5-13-17-8/h2-5H,6H2,1H3,(H2,12,15). The molecule has 2 N–H and O–H groups in total. The lowest BCUT2D eigenvalue weighted by molar-refractivity contribution is 0.378. The second kappa shape index (κ2) is 3.58. The Balaban J connectivity index is 2.14. The summed E-state index contributed by atoms with van der Waals surface area (Å²) >= 11 is 0. The summed E-state index contributed by atoms with van der Waals surface area (Å²) in [6.45, 7) is 2.42. The van der Waals surface area contributed by atoms with Gasteiger partial charge < -0.3 is 10.3 Å². The van der Waals surface area contributed by atoms with Crippen LogP contribution in [0.25, 0.3) is 11.2 Å². The Hall–Kier alpha value is -2.37. The maximum Gasteiger partial charge on any atom is 0.202 e. The number of nitrogen functional groups attached to an aromatic ring is 1. The van der Waals surface area contributed by atoms with E-state index in [1.54, 1.807) is 12.3 Å². The minimum Gasteiger partial charge on any atom is -0.369 e. The van der Waals surface area contributed by atoms with Gasteiger partial charge in [-0.05, 0) is 19.1 Å². The Bertz CT molecular complexity index is 656. The van der Waals surface area contributed by atoms with Crippen LogP contribution in [0.5, 0.6) is 0 Å². The van der Waals surface area contributed by atoms with E-state index in [0.717, 1.165) is 22.6 Å². The predicted molar refractivity (Wildman–Crippen MR) is 62.3 cm³/mol. The Morgan fingerprint density at radius 3 is 2.94 bits per heavy atom. The van der Waals surface area contributed by atoms with E-state index in [9.17, 15) is 0 Å². The fourth-order valence-corrected chi connectivity index (χ4v) is 1.75. The molecular weight excluding hydrogens is 218 g/mol. The van der Waals surface area contributed by atoms with Gasteiger partial charge in [-0.25, -0.2) is 9.97 Å². The van der Waals surface area contributed by atoms with E-state index >= 15 is 0 Å². The first-order valence-corrected chi connectivity index (χ1v) is 5.23. The number of hydrogen-bond donors (Lipinski definition) is 1. The van der Waals surface area contributed by atoms with Gasteiger partial charge in [0.1, 0.15) is 5.52 Å². The molecule has 3 aromatic heterocycles. The molecule has 3 heterocycles. The van der Waals surface area contributed by atoms with Crippen molar-refractivity contribution in [3.05, 3.63) is 35.9 Å². The first kappa shape index (κ1) is 9.83. The van der Waals surface area contributed by atoms with Gasteiger partial charge in [0, 0.05) is 11.8 Å². The van der Waals surface area contributed by atoms with E-state index in [4.69, 9.17) is 10.3 Å². The van der Waals surface area contributed by atoms with Gasteiger partial charge >= 0.3 is 0 Å². The van der Waals surface area contributed by atoms with Gasteiger partial charge in [-0.1, -0.05) is 5.16 Å². The van der Waals surface area contributed by atoms with E-state index < -0.39 is 0 Å². The van der Waals surface area contributed by atoms with Crippen molar-refractivity contribution in [1.29, 1.82) is 0 Å². The molecule has 0 unspecified atom stereocenters. The molecule has 0 saturated heterocycles. The highest BCUT2D eigenvalue weighted by Gasteiger charge is 2.11. The summed E-state index contributed by atoms with van der Waals surface area (Å²) in [4.78, 5) is 8.69. The van der Waals surface area contributed by atoms with Crippen molar-refractivity contribution >= 4 is 17.1 Å². The summed E-state index contributed by atoms with van der Waals surface area (Å²) in [6, 6.07) is 5.61. The molecule has 0 aliphatic carbocycles. The molecule has 0 aliphatic heterocycles. The van der Waals surface area contributed by atoms with Crippen molar-refractivity contribution in [3.63, 3.8) is 0 Å². The van der Waals surface area contributed by atoms with E-state index in [0.29, 0.717) is 12.5 Å². The summed E-state index contributed by atoms with van der Waals surface area (Å²) < 4.78 is 6.87. The van der Waals surface area contributed by atoms with Gasteiger partial charge in [0.05, 0.1) is 12.7 Å². The van der Waals surface area contributed by atoms with Crippen LogP contribution in [-0.2, 0) is 6.54 Å². The van der Waals surface area contributed by atoms with Crippen molar-refractivity contribution in [2.45, 2.75) is 13.5 Å². The van der Waals surface area contributed by atoms with E-state index in [1.165, 1.54) is 0 Å². The summed E-state index contributed by atoms with van der Waals surface area (Å²) in [7, 11) is 0.